The van der Waals surface area contributed by atoms with Crippen molar-refractivity contribution >= 4 is 22.8 Å². The quantitative estimate of drug-likeness (QED) is 0.668. The monoisotopic (exact) mass is 394 g/mol. The second-order valence-electron chi connectivity index (χ2n) is 8.10. The fourth-order valence-corrected chi connectivity index (χ4v) is 5.01. The van der Waals surface area contributed by atoms with Crippen molar-refractivity contribution in [2.75, 3.05) is 24.5 Å². The van der Waals surface area contributed by atoms with E-state index in [4.69, 9.17) is 4.98 Å². The molecule has 2 aliphatic heterocycles. The molecule has 8 heteroatoms. The van der Waals surface area contributed by atoms with Crippen LogP contribution in [0.1, 0.15) is 24.4 Å². The molecule has 2 fully saturated rings. The lowest BCUT2D eigenvalue weighted by molar-refractivity contribution is -0.130. The Hall–Kier alpha value is -3.03. The second kappa shape index (κ2) is 6.50. The SMILES string of the molecule is CC(=O)N1C[C@H]2CN(c3nc(C)nc4c3cnn4C)C[C@H]2[C@H]1c1cccc(F)c1. The van der Waals surface area contributed by atoms with E-state index >= 15 is 0 Å². The highest BCUT2D eigenvalue weighted by Gasteiger charge is 2.49. The first kappa shape index (κ1) is 18.0. The van der Waals surface area contributed by atoms with Gasteiger partial charge in [-0.15, -0.1) is 0 Å². The molecule has 2 aromatic heterocycles. The number of hydrogen-bond donors (Lipinski definition) is 0. The van der Waals surface area contributed by atoms with Crippen molar-refractivity contribution in [3.63, 3.8) is 0 Å². The Morgan fingerprint density at radius 1 is 1.21 bits per heavy atom. The van der Waals surface area contributed by atoms with Crippen molar-refractivity contribution in [1.82, 2.24) is 24.6 Å². The average molecular weight is 394 g/mol. The number of fused-ring (bicyclic) bond motifs is 2. The van der Waals surface area contributed by atoms with Gasteiger partial charge in [-0.2, -0.15) is 5.10 Å². The Bertz CT molecular complexity index is 1110. The number of carbonyl (C=O) groups is 1. The van der Waals surface area contributed by atoms with Gasteiger partial charge < -0.3 is 9.80 Å². The van der Waals surface area contributed by atoms with Crippen LogP contribution in [0.3, 0.4) is 0 Å². The Kier molecular flexibility index (Phi) is 4.04. The van der Waals surface area contributed by atoms with Crippen molar-refractivity contribution in [3.05, 3.63) is 47.7 Å². The minimum absolute atomic E-state index is 0.0349. The van der Waals surface area contributed by atoms with Crippen LogP contribution in [-0.2, 0) is 11.8 Å². The van der Waals surface area contributed by atoms with Gasteiger partial charge in [0.25, 0.3) is 0 Å². The van der Waals surface area contributed by atoms with Crippen LogP contribution in [0.5, 0.6) is 0 Å². The van der Waals surface area contributed by atoms with E-state index in [0.29, 0.717) is 18.3 Å². The topological polar surface area (TPSA) is 67.2 Å². The second-order valence-corrected chi connectivity index (χ2v) is 8.10. The molecular weight excluding hydrogens is 371 g/mol. The number of amides is 1. The summed E-state index contributed by atoms with van der Waals surface area (Å²) in [6, 6.07) is 6.52. The number of aromatic nitrogens is 4. The van der Waals surface area contributed by atoms with E-state index in [-0.39, 0.29) is 23.7 Å². The first-order valence-corrected chi connectivity index (χ1v) is 9.86. The molecule has 0 spiro atoms. The summed E-state index contributed by atoms with van der Waals surface area (Å²) in [5, 5.41) is 5.28. The fraction of sp³-hybridized carbons (Fsp3) is 0.429. The Balaban J connectivity index is 1.52. The summed E-state index contributed by atoms with van der Waals surface area (Å²) in [6.45, 7) is 5.73. The van der Waals surface area contributed by atoms with Crippen molar-refractivity contribution < 1.29 is 9.18 Å². The number of likely N-dealkylation sites (tertiary alicyclic amines) is 1. The third-order valence-electron chi connectivity index (χ3n) is 6.24. The molecule has 7 nitrogen and oxygen atoms in total. The first-order chi connectivity index (χ1) is 13.9. The van der Waals surface area contributed by atoms with Gasteiger partial charge >= 0.3 is 0 Å². The van der Waals surface area contributed by atoms with Gasteiger partial charge in [-0.3, -0.25) is 9.48 Å². The Morgan fingerprint density at radius 2 is 2.03 bits per heavy atom. The Morgan fingerprint density at radius 3 is 2.79 bits per heavy atom. The van der Waals surface area contributed by atoms with Crippen molar-refractivity contribution in [2.24, 2.45) is 18.9 Å². The van der Waals surface area contributed by atoms with Gasteiger partial charge in [-0.1, -0.05) is 12.1 Å². The van der Waals surface area contributed by atoms with Crippen LogP contribution in [0.4, 0.5) is 10.2 Å². The van der Waals surface area contributed by atoms with Crippen LogP contribution in [0.15, 0.2) is 30.5 Å². The van der Waals surface area contributed by atoms with Crippen LogP contribution in [-0.4, -0.2) is 50.2 Å². The van der Waals surface area contributed by atoms with E-state index in [0.717, 1.165) is 35.5 Å². The molecule has 0 unspecified atom stereocenters. The number of carbonyl (C=O) groups excluding carboxylic acids is 1. The first-order valence-electron chi connectivity index (χ1n) is 9.86. The van der Waals surface area contributed by atoms with Gasteiger partial charge in [0.2, 0.25) is 5.91 Å². The number of hydrogen-bond acceptors (Lipinski definition) is 5. The van der Waals surface area contributed by atoms with Gasteiger partial charge in [0.05, 0.1) is 17.6 Å². The lowest BCUT2D eigenvalue weighted by Crippen LogP contribution is -2.34. The molecule has 29 heavy (non-hydrogen) atoms. The molecule has 150 valence electrons. The summed E-state index contributed by atoms with van der Waals surface area (Å²) < 4.78 is 15.7. The molecule has 2 saturated heterocycles. The van der Waals surface area contributed by atoms with Crippen LogP contribution in [0.2, 0.25) is 0 Å². The van der Waals surface area contributed by atoms with Crippen molar-refractivity contribution in [3.8, 4) is 0 Å². The van der Waals surface area contributed by atoms with E-state index < -0.39 is 0 Å². The maximum absolute atomic E-state index is 13.9. The molecule has 0 bridgehead atoms. The van der Waals surface area contributed by atoms with Crippen molar-refractivity contribution in [1.29, 1.82) is 0 Å². The van der Waals surface area contributed by atoms with Gasteiger partial charge in [0.15, 0.2) is 5.65 Å². The van der Waals surface area contributed by atoms with E-state index in [9.17, 15) is 9.18 Å². The molecule has 0 aliphatic carbocycles. The highest BCUT2D eigenvalue weighted by Crippen LogP contribution is 2.46. The number of aryl methyl sites for hydroxylation is 2. The zero-order chi connectivity index (χ0) is 20.3. The fourth-order valence-electron chi connectivity index (χ4n) is 5.01. The predicted octanol–water partition coefficient (Wildman–Crippen LogP) is 2.47. The summed E-state index contributed by atoms with van der Waals surface area (Å²) in [5.74, 6) is 1.90. The molecule has 2 aliphatic rings. The van der Waals surface area contributed by atoms with E-state index in [1.54, 1.807) is 23.7 Å². The van der Waals surface area contributed by atoms with Crippen LogP contribution in [0, 0.1) is 24.6 Å². The number of benzene rings is 1. The molecule has 1 aromatic carbocycles. The molecular formula is C21H23FN6O. The molecule has 5 rings (SSSR count). The zero-order valence-corrected chi connectivity index (χ0v) is 16.7. The highest BCUT2D eigenvalue weighted by atomic mass is 19.1. The summed E-state index contributed by atoms with van der Waals surface area (Å²) in [6.07, 6.45) is 1.81. The minimum atomic E-state index is -0.271. The predicted molar refractivity (Wildman–Crippen MR) is 107 cm³/mol. The number of nitrogens with zero attached hydrogens (tertiary/aromatic N) is 6. The smallest absolute Gasteiger partial charge is 0.219 e. The Labute approximate surface area is 168 Å². The van der Waals surface area contributed by atoms with E-state index in [1.807, 2.05) is 31.1 Å². The number of rotatable bonds is 2. The molecule has 0 radical (unpaired) electrons. The molecule has 4 heterocycles. The zero-order valence-electron chi connectivity index (χ0n) is 16.7. The lowest BCUT2D eigenvalue weighted by atomic mass is 9.89. The normalized spacial score (nSPS) is 23.8. The molecule has 3 atom stereocenters. The third-order valence-corrected chi connectivity index (χ3v) is 6.24. The molecule has 0 N–H and O–H groups in total. The average Bonchev–Trinajstić information content (AvgIpc) is 3.34. The summed E-state index contributed by atoms with van der Waals surface area (Å²) in [5.41, 5.74) is 1.68. The van der Waals surface area contributed by atoms with E-state index in [1.165, 1.54) is 6.07 Å². The van der Waals surface area contributed by atoms with Gasteiger partial charge in [-0.25, -0.2) is 14.4 Å². The molecule has 1 amide bonds. The standard InChI is InChI=1S/C21H23FN6O/c1-12-24-20-17(8-23-26(20)3)21(25-12)27-9-15-10-28(13(2)29)19(18(15)11-27)14-5-4-6-16(22)7-14/h4-8,15,18-19H,9-11H2,1-3H3/t15-,18-,19-/m1/s1. The summed E-state index contributed by atoms with van der Waals surface area (Å²) in [7, 11) is 1.88. The largest absolute Gasteiger partial charge is 0.355 e. The van der Waals surface area contributed by atoms with Gasteiger partial charge in [0.1, 0.15) is 17.5 Å². The molecule has 0 saturated carbocycles. The lowest BCUT2D eigenvalue weighted by Gasteiger charge is -2.29. The van der Waals surface area contributed by atoms with Crippen molar-refractivity contribution in [2.45, 2.75) is 19.9 Å². The number of halogens is 1. The van der Waals surface area contributed by atoms with Crippen LogP contribution < -0.4 is 4.90 Å². The number of anilines is 1. The van der Waals surface area contributed by atoms with Gasteiger partial charge in [-0.05, 0) is 24.6 Å². The maximum Gasteiger partial charge on any atom is 0.219 e. The van der Waals surface area contributed by atoms with Crippen LogP contribution >= 0.6 is 0 Å². The van der Waals surface area contributed by atoms with Crippen LogP contribution in [0.25, 0.3) is 11.0 Å². The minimum Gasteiger partial charge on any atom is -0.355 e. The maximum atomic E-state index is 13.9. The van der Waals surface area contributed by atoms with Gasteiger partial charge in [0, 0.05) is 45.4 Å². The third kappa shape index (κ3) is 2.85. The molecule has 3 aromatic rings. The van der Waals surface area contributed by atoms with E-state index in [2.05, 4.69) is 15.0 Å². The summed E-state index contributed by atoms with van der Waals surface area (Å²) in [4.78, 5) is 25.7. The highest BCUT2D eigenvalue weighted by molar-refractivity contribution is 5.87. The summed E-state index contributed by atoms with van der Waals surface area (Å²) >= 11 is 0.